The van der Waals surface area contributed by atoms with Gasteiger partial charge >= 0.3 is 16.1 Å². The first kappa shape index (κ1) is 26.9. The molecule has 39 heavy (non-hydrogen) atoms. The van der Waals surface area contributed by atoms with Crippen LogP contribution in [0.1, 0.15) is 70.8 Å². The number of ether oxygens (including phenoxy) is 2. The lowest BCUT2D eigenvalue weighted by molar-refractivity contribution is -0.145. The second kappa shape index (κ2) is 10.8. The van der Waals surface area contributed by atoms with E-state index in [1.807, 2.05) is 19.9 Å². The summed E-state index contributed by atoms with van der Waals surface area (Å²) in [6.45, 7) is 3.78. The van der Waals surface area contributed by atoms with Crippen LogP contribution in [-0.4, -0.2) is 27.8 Å². The number of aryl methyl sites for hydroxylation is 2. The van der Waals surface area contributed by atoms with Gasteiger partial charge in [-0.1, -0.05) is 42.8 Å². The summed E-state index contributed by atoms with van der Waals surface area (Å²) in [5.74, 6) is 0.796. The second-order valence-electron chi connectivity index (χ2n) is 10.5. The van der Waals surface area contributed by atoms with E-state index < -0.39 is 10.1 Å². The predicted molar refractivity (Wildman–Crippen MR) is 146 cm³/mol. The highest BCUT2D eigenvalue weighted by Gasteiger charge is 2.39. The Kier molecular flexibility index (Phi) is 7.49. The van der Waals surface area contributed by atoms with Gasteiger partial charge in [0.2, 0.25) is 0 Å². The number of carbonyl (C=O) groups excluding carboxylic acids is 2. The van der Waals surface area contributed by atoms with E-state index in [1.54, 1.807) is 24.3 Å². The Morgan fingerprint density at radius 2 is 1.77 bits per heavy atom. The minimum Gasteiger partial charge on any atom is -0.485 e. The number of fused-ring (bicyclic) bond motifs is 1. The Bertz CT molecular complexity index is 1490. The van der Waals surface area contributed by atoms with Crippen molar-refractivity contribution in [3.05, 3.63) is 88.5 Å². The summed E-state index contributed by atoms with van der Waals surface area (Å²) in [5, 5.41) is 0. The molecule has 0 amide bonds. The number of methoxy groups -OCH3 is 1. The third kappa shape index (κ3) is 5.71. The van der Waals surface area contributed by atoms with Crippen molar-refractivity contribution in [3.63, 3.8) is 0 Å². The minimum absolute atomic E-state index is 0.0167. The first-order valence-corrected chi connectivity index (χ1v) is 14.6. The molecule has 1 fully saturated rings. The van der Waals surface area contributed by atoms with Crippen LogP contribution in [0, 0.1) is 18.8 Å². The van der Waals surface area contributed by atoms with Crippen LogP contribution in [0.5, 0.6) is 11.5 Å². The van der Waals surface area contributed by atoms with Gasteiger partial charge in [-0.05, 0) is 91.5 Å². The molecule has 0 saturated heterocycles. The highest BCUT2D eigenvalue weighted by atomic mass is 32.2. The zero-order chi connectivity index (χ0) is 27.7. The van der Waals surface area contributed by atoms with E-state index in [4.69, 9.17) is 13.7 Å². The lowest BCUT2D eigenvalue weighted by Crippen LogP contribution is -2.23. The van der Waals surface area contributed by atoms with Gasteiger partial charge < -0.3 is 13.7 Å². The third-order valence-corrected chi connectivity index (χ3v) is 8.95. The normalized spacial score (nSPS) is 18.3. The van der Waals surface area contributed by atoms with E-state index in [9.17, 15) is 18.0 Å². The van der Waals surface area contributed by atoms with Crippen LogP contribution < -0.4 is 8.92 Å². The predicted octanol–water partition coefficient (Wildman–Crippen LogP) is 5.94. The minimum atomic E-state index is -4.09. The van der Waals surface area contributed by atoms with Crippen LogP contribution in [0.4, 0.5) is 0 Å². The largest absolute Gasteiger partial charge is 0.485 e. The average Bonchev–Trinajstić information content (AvgIpc) is 3.77. The molecule has 0 aromatic heterocycles. The third-order valence-electron chi connectivity index (χ3n) is 7.70. The molecule has 3 aromatic rings. The van der Waals surface area contributed by atoms with Crippen LogP contribution >= 0.6 is 0 Å². The van der Waals surface area contributed by atoms with Crippen molar-refractivity contribution in [2.24, 2.45) is 11.8 Å². The lowest BCUT2D eigenvalue weighted by atomic mass is 9.82. The van der Waals surface area contributed by atoms with E-state index in [2.05, 4.69) is 12.1 Å². The van der Waals surface area contributed by atoms with Crippen molar-refractivity contribution >= 4 is 22.4 Å². The molecule has 7 nitrogen and oxygen atoms in total. The van der Waals surface area contributed by atoms with Gasteiger partial charge in [-0.15, -0.1) is 0 Å². The number of esters is 1. The molecule has 1 saturated carbocycles. The Morgan fingerprint density at radius 3 is 2.44 bits per heavy atom. The van der Waals surface area contributed by atoms with E-state index >= 15 is 0 Å². The monoisotopic (exact) mass is 548 g/mol. The molecule has 0 radical (unpaired) electrons. The van der Waals surface area contributed by atoms with Crippen molar-refractivity contribution in [2.75, 3.05) is 7.11 Å². The summed E-state index contributed by atoms with van der Waals surface area (Å²) in [7, 11) is -2.67. The van der Waals surface area contributed by atoms with Crippen LogP contribution in [0.25, 0.3) is 0 Å². The van der Waals surface area contributed by atoms with Gasteiger partial charge in [0.1, 0.15) is 16.7 Å². The van der Waals surface area contributed by atoms with E-state index in [1.165, 1.54) is 25.3 Å². The standard InChI is InChI=1S/C31H32O7S/c1-19-4-12-26(13-5-19)39(34,35)38-28-15-11-23(16-25(28)18-32)27-14-10-21-6-9-24(17-29(21)37-27)30(22-7-8-22)20(2)31(33)36-3/h4-6,9,11-13,15-18,20,22,27,30H,7-8,10,14H2,1-3H3/t20-,27-,30-/m0/s1. The van der Waals surface area contributed by atoms with Crippen molar-refractivity contribution in [3.8, 4) is 11.5 Å². The quantitative estimate of drug-likeness (QED) is 0.185. The summed E-state index contributed by atoms with van der Waals surface area (Å²) in [6, 6.07) is 17.4. The molecule has 1 aliphatic carbocycles. The molecule has 0 N–H and O–H groups in total. The molecule has 204 valence electrons. The second-order valence-corrected chi connectivity index (χ2v) is 12.0. The maximum absolute atomic E-state index is 12.8. The first-order chi connectivity index (χ1) is 18.7. The van der Waals surface area contributed by atoms with Crippen LogP contribution in [-0.2, 0) is 26.1 Å². The molecular formula is C31H32O7S. The maximum Gasteiger partial charge on any atom is 0.339 e. The zero-order valence-electron chi connectivity index (χ0n) is 22.3. The van der Waals surface area contributed by atoms with Gasteiger partial charge in [0.05, 0.1) is 18.6 Å². The first-order valence-electron chi connectivity index (χ1n) is 13.2. The molecule has 0 spiro atoms. The van der Waals surface area contributed by atoms with Crippen LogP contribution in [0.2, 0.25) is 0 Å². The van der Waals surface area contributed by atoms with Gasteiger partial charge in [-0.25, -0.2) is 0 Å². The summed E-state index contributed by atoms with van der Waals surface area (Å²) >= 11 is 0. The van der Waals surface area contributed by atoms with Gasteiger partial charge in [0.25, 0.3) is 0 Å². The SMILES string of the molecule is COC(=O)[C@@H](C)[C@H](c1ccc2c(c1)O[C@H](c1ccc(OS(=O)(=O)c3ccc(C)cc3)c(C=O)c1)CC2)C1CC1. The van der Waals surface area contributed by atoms with Crippen molar-refractivity contribution < 1.29 is 31.7 Å². The summed E-state index contributed by atoms with van der Waals surface area (Å²) in [4.78, 5) is 24.2. The van der Waals surface area contributed by atoms with E-state index in [0.717, 1.165) is 47.3 Å². The maximum atomic E-state index is 12.8. The number of carbonyl (C=O) groups is 2. The Labute approximate surface area is 229 Å². The fourth-order valence-electron chi connectivity index (χ4n) is 5.39. The van der Waals surface area contributed by atoms with Crippen molar-refractivity contribution in [1.29, 1.82) is 0 Å². The number of benzene rings is 3. The van der Waals surface area contributed by atoms with E-state index in [0.29, 0.717) is 18.6 Å². The smallest absolute Gasteiger partial charge is 0.339 e. The van der Waals surface area contributed by atoms with Crippen LogP contribution in [0.3, 0.4) is 0 Å². The zero-order valence-corrected chi connectivity index (χ0v) is 23.1. The topological polar surface area (TPSA) is 96.0 Å². The average molecular weight is 549 g/mol. The summed E-state index contributed by atoms with van der Waals surface area (Å²) < 4.78 is 42.3. The Hall–Kier alpha value is -3.65. The molecule has 3 atom stereocenters. The van der Waals surface area contributed by atoms with Gasteiger partial charge in [-0.2, -0.15) is 8.42 Å². The van der Waals surface area contributed by atoms with E-state index in [-0.39, 0.29) is 40.1 Å². The lowest BCUT2D eigenvalue weighted by Gasteiger charge is -2.29. The molecule has 1 aliphatic heterocycles. The van der Waals surface area contributed by atoms with Gasteiger partial charge in [0.15, 0.2) is 12.0 Å². The fourth-order valence-corrected chi connectivity index (χ4v) is 6.35. The number of hydrogen-bond donors (Lipinski definition) is 0. The van der Waals surface area contributed by atoms with Crippen LogP contribution in [0.15, 0.2) is 65.6 Å². The Balaban J connectivity index is 1.37. The molecule has 1 heterocycles. The molecule has 0 unspecified atom stereocenters. The molecule has 2 aliphatic rings. The van der Waals surface area contributed by atoms with Gasteiger partial charge in [0, 0.05) is 0 Å². The molecule has 0 bridgehead atoms. The van der Waals surface area contributed by atoms with Crippen molar-refractivity contribution in [2.45, 2.75) is 56.4 Å². The molecular weight excluding hydrogens is 516 g/mol. The van der Waals surface area contributed by atoms with Gasteiger partial charge in [-0.3, -0.25) is 9.59 Å². The summed E-state index contributed by atoms with van der Waals surface area (Å²) in [6.07, 6.45) is 3.96. The highest BCUT2D eigenvalue weighted by molar-refractivity contribution is 7.87. The molecule has 5 rings (SSSR count). The Morgan fingerprint density at radius 1 is 1.03 bits per heavy atom. The van der Waals surface area contributed by atoms with Crippen molar-refractivity contribution in [1.82, 2.24) is 0 Å². The summed E-state index contributed by atoms with van der Waals surface area (Å²) in [5.41, 5.74) is 3.97. The number of hydrogen-bond acceptors (Lipinski definition) is 7. The molecule has 8 heteroatoms. The number of aldehydes is 1. The number of rotatable bonds is 9. The molecule has 3 aromatic carbocycles. The fraction of sp³-hybridized carbons (Fsp3) is 0.355. The highest BCUT2D eigenvalue weighted by Crippen LogP contribution is 2.48.